The molecule has 0 radical (unpaired) electrons. The molecular formula is C16H12Cl2N2O6. The van der Waals surface area contributed by atoms with E-state index < -0.39 is 29.1 Å². The minimum atomic E-state index is -1.04. The van der Waals surface area contributed by atoms with E-state index in [0.717, 1.165) is 12.1 Å². The summed E-state index contributed by atoms with van der Waals surface area (Å²) < 4.78 is 9.80. The highest BCUT2D eigenvalue weighted by Gasteiger charge is 2.22. The number of anilines is 1. The summed E-state index contributed by atoms with van der Waals surface area (Å²) in [6.45, 7) is -0.647. The van der Waals surface area contributed by atoms with Gasteiger partial charge in [-0.15, -0.1) is 0 Å². The number of nitro groups is 1. The van der Waals surface area contributed by atoms with E-state index in [0.29, 0.717) is 11.4 Å². The lowest BCUT2D eigenvalue weighted by atomic mass is 10.2. The molecule has 2 aromatic rings. The van der Waals surface area contributed by atoms with Gasteiger partial charge >= 0.3 is 5.97 Å². The molecule has 2 aromatic carbocycles. The maximum Gasteiger partial charge on any atom is 0.345 e. The molecule has 0 fully saturated rings. The van der Waals surface area contributed by atoms with Gasteiger partial charge in [-0.3, -0.25) is 14.9 Å². The summed E-state index contributed by atoms with van der Waals surface area (Å²) in [6.07, 6.45) is 0. The first-order valence-corrected chi connectivity index (χ1v) is 7.82. The fraction of sp³-hybridized carbons (Fsp3) is 0.125. The van der Waals surface area contributed by atoms with E-state index in [-0.39, 0.29) is 15.6 Å². The molecule has 0 aliphatic carbocycles. The summed E-state index contributed by atoms with van der Waals surface area (Å²) in [6, 6.07) is 8.02. The van der Waals surface area contributed by atoms with E-state index in [1.807, 2.05) is 0 Å². The molecule has 0 aromatic heterocycles. The number of benzene rings is 2. The second-order valence-electron chi connectivity index (χ2n) is 4.89. The molecule has 8 nitrogen and oxygen atoms in total. The highest BCUT2D eigenvalue weighted by atomic mass is 35.5. The van der Waals surface area contributed by atoms with Crippen LogP contribution in [0.3, 0.4) is 0 Å². The zero-order valence-corrected chi connectivity index (χ0v) is 14.8. The summed E-state index contributed by atoms with van der Waals surface area (Å²) >= 11 is 11.7. The second-order valence-corrected chi connectivity index (χ2v) is 5.74. The van der Waals surface area contributed by atoms with E-state index >= 15 is 0 Å². The Labute approximate surface area is 157 Å². The van der Waals surface area contributed by atoms with Crippen molar-refractivity contribution in [2.45, 2.75) is 0 Å². The number of nitrogens with zero attached hydrogens (tertiary/aromatic N) is 1. The predicted octanol–water partition coefficient (Wildman–Crippen LogP) is 3.71. The Morgan fingerprint density at radius 3 is 2.54 bits per heavy atom. The van der Waals surface area contributed by atoms with Crippen molar-refractivity contribution in [1.29, 1.82) is 0 Å². The topological polar surface area (TPSA) is 108 Å². The standard InChI is InChI=1S/C16H12Cl2N2O6/c1-25-14-5-3-10(7-12(14)18)19-15(21)8-26-16(22)11-6-9(17)2-4-13(11)20(23)24/h2-7H,8H2,1H3,(H,19,21). The van der Waals surface area contributed by atoms with Gasteiger partial charge in [0.1, 0.15) is 11.3 Å². The van der Waals surface area contributed by atoms with Crippen molar-refractivity contribution in [2.75, 3.05) is 19.0 Å². The average Bonchev–Trinajstić information content (AvgIpc) is 2.59. The Hall–Kier alpha value is -2.84. The number of amides is 1. The van der Waals surface area contributed by atoms with Crippen LogP contribution in [0.5, 0.6) is 5.75 Å². The van der Waals surface area contributed by atoms with Crippen LogP contribution in [0.2, 0.25) is 10.0 Å². The SMILES string of the molecule is COc1ccc(NC(=O)COC(=O)c2cc(Cl)ccc2[N+](=O)[O-])cc1Cl. The minimum Gasteiger partial charge on any atom is -0.495 e. The van der Waals surface area contributed by atoms with E-state index in [2.05, 4.69) is 5.32 Å². The third-order valence-corrected chi connectivity index (χ3v) is 3.68. The molecular weight excluding hydrogens is 387 g/mol. The normalized spacial score (nSPS) is 10.1. The predicted molar refractivity (Wildman–Crippen MR) is 95.0 cm³/mol. The highest BCUT2D eigenvalue weighted by molar-refractivity contribution is 6.32. The molecule has 0 aliphatic rings. The molecule has 0 atom stereocenters. The molecule has 2 rings (SSSR count). The van der Waals surface area contributed by atoms with Gasteiger partial charge in [0.15, 0.2) is 6.61 Å². The van der Waals surface area contributed by atoms with Crippen LogP contribution in [0.4, 0.5) is 11.4 Å². The zero-order chi connectivity index (χ0) is 19.3. The van der Waals surface area contributed by atoms with Crippen LogP contribution in [-0.4, -0.2) is 30.5 Å². The first-order valence-electron chi connectivity index (χ1n) is 7.06. The Kier molecular flexibility index (Phi) is 6.37. The number of halogens is 2. The molecule has 0 spiro atoms. The van der Waals surface area contributed by atoms with Gasteiger partial charge in [0.05, 0.1) is 17.1 Å². The number of rotatable bonds is 6. The molecule has 0 bridgehead atoms. The van der Waals surface area contributed by atoms with Crippen LogP contribution in [0.15, 0.2) is 36.4 Å². The molecule has 0 aliphatic heterocycles. The molecule has 10 heteroatoms. The van der Waals surface area contributed by atoms with Crippen molar-refractivity contribution >= 4 is 46.5 Å². The first-order chi connectivity index (χ1) is 12.3. The van der Waals surface area contributed by atoms with Crippen molar-refractivity contribution in [3.8, 4) is 5.75 Å². The van der Waals surface area contributed by atoms with Gasteiger partial charge in [0.25, 0.3) is 11.6 Å². The number of hydrogen-bond acceptors (Lipinski definition) is 6. The summed E-state index contributed by atoms with van der Waals surface area (Å²) in [5.41, 5.74) is -0.449. The van der Waals surface area contributed by atoms with Crippen LogP contribution >= 0.6 is 23.2 Å². The van der Waals surface area contributed by atoms with E-state index in [4.69, 9.17) is 32.7 Å². The third kappa shape index (κ3) is 4.84. The number of carbonyl (C=O) groups excluding carboxylic acids is 2. The van der Waals surface area contributed by atoms with Gasteiger partial charge in [0.2, 0.25) is 0 Å². The van der Waals surface area contributed by atoms with Crippen molar-refractivity contribution in [1.82, 2.24) is 0 Å². The molecule has 1 N–H and O–H groups in total. The average molecular weight is 399 g/mol. The van der Waals surface area contributed by atoms with Crippen molar-refractivity contribution < 1.29 is 24.0 Å². The molecule has 0 heterocycles. The molecule has 26 heavy (non-hydrogen) atoms. The Bertz CT molecular complexity index is 872. The fourth-order valence-corrected chi connectivity index (χ4v) is 2.41. The van der Waals surface area contributed by atoms with Crippen molar-refractivity contribution in [3.63, 3.8) is 0 Å². The number of hydrogen-bond donors (Lipinski definition) is 1. The number of methoxy groups -OCH3 is 1. The van der Waals surface area contributed by atoms with Crippen LogP contribution < -0.4 is 10.1 Å². The number of ether oxygens (including phenoxy) is 2. The monoisotopic (exact) mass is 398 g/mol. The quantitative estimate of drug-likeness (QED) is 0.451. The number of nitro benzene ring substituents is 1. The van der Waals surface area contributed by atoms with Crippen LogP contribution in [0.25, 0.3) is 0 Å². The lowest BCUT2D eigenvalue weighted by Crippen LogP contribution is -2.21. The van der Waals surface area contributed by atoms with Gasteiger partial charge < -0.3 is 14.8 Å². The van der Waals surface area contributed by atoms with Crippen molar-refractivity contribution in [3.05, 3.63) is 62.1 Å². The smallest absolute Gasteiger partial charge is 0.345 e. The van der Waals surface area contributed by atoms with Gasteiger partial charge in [-0.25, -0.2) is 4.79 Å². The van der Waals surface area contributed by atoms with Crippen LogP contribution in [0, 0.1) is 10.1 Å². The second kappa shape index (κ2) is 8.50. The summed E-state index contributed by atoms with van der Waals surface area (Å²) in [5.74, 6) is -1.25. The van der Waals surface area contributed by atoms with E-state index in [1.165, 1.54) is 19.2 Å². The fourth-order valence-electron chi connectivity index (χ4n) is 1.98. The van der Waals surface area contributed by atoms with Gasteiger partial charge in [-0.05, 0) is 30.3 Å². The molecule has 136 valence electrons. The minimum absolute atomic E-state index is 0.125. The lowest BCUT2D eigenvalue weighted by molar-refractivity contribution is -0.385. The number of nitrogens with one attached hydrogen (secondary N) is 1. The molecule has 1 amide bonds. The van der Waals surface area contributed by atoms with Gasteiger partial charge in [-0.2, -0.15) is 0 Å². The number of esters is 1. The van der Waals surface area contributed by atoms with E-state index in [1.54, 1.807) is 12.1 Å². The zero-order valence-electron chi connectivity index (χ0n) is 13.3. The lowest BCUT2D eigenvalue weighted by Gasteiger charge is -2.09. The molecule has 0 saturated carbocycles. The van der Waals surface area contributed by atoms with Gasteiger partial charge in [0, 0.05) is 16.8 Å². The Morgan fingerprint density at radius 1 is 1.19 bits per heavy atom. The Balaban J connectivity index is 2.01. The third-order valence-electron chi connectivity index (χ3n) is 3.15. The van der Waals surface area contributed by atoms with Crippen LogP contribution in [-0.2, 0) is 9.53 Å². The van der Waals surface area contributed by atoms with Gasteiger partial charge in [-0.1, -0.05) is 23.2 Å². The van der Waals surface area contributed by atoms with Crippen LogP contribution in [0.1, 0.15) is 10.4 Å². The summed E-state index contributed by atoms with van der Waals surface area (Å²) in [5, 5.41) is 13.8. The van der Waals surface area contributed by atoms with E-state index in [9.17, 15) is 19.7 Å². The highest BCUT2D eigenvalue weighted by Crippen LogP contribution is 2.27. The summed E-state index contributed by atoms with van der Waals surface area (Å²) in [4.78, 5) is 34.1. The van der Waals surface area contributed by atoms with Crippen molar-refractivity contribution in [2.24, 2.45) is 0 Å². The maximum atomic E-state index is 12.0. The summed E-state index contributed by atoms with van der Waals surface area (Å²) in [7, 11) is 1.45. The molecule has 0 saturated heterocycles. The Morgan fingerprint density at radius 2 is 1.92 bits per heavy atom. The number of carbonyl (C=O) groups is 2. The maximum absolute atomic E-state index is 12.0. The first kappa shape index (κ1) is 19.5. The largest absolute Gasteiger partial charge is 0.495 e. The molecule has 0 unspecified atom stereocenters.